The molecule has 0 spiro atoms. The molecule has 10 heteroatoms. The summed E-state index contributed by atoms with van der Waals surface area (Å²) in [5, 5.41) is 6.09. The van der Waals surface area contributed by atoms with Crippen LogP contribution in [-0.4, -0.2) is 26.8 Å². The van der Waals surface area contributed by atoms with Gasteiger partial charge in [-0.15, -0.1) is 0 Å². The van der Waals surface area contributed by atoms with Gasteiger partial charge in [-0.1, -0.05) is 12.1 Å². The highest BCUT2D eigenvalue weighted by Gasteiger charge is 2.41. The highest BCUT2D eigenvalue weighted by Crippen LogP contribution is 2.34. The lowest BCUT2D eigenvalue weighted by Crippen LogP contribution is -2.26. The number of pyridine rings is 1. The topological polar surface area (TPSA) is 69.0 Å². The van der Waals surface area contributed by atoms with Gasteiger partial charge in [-0.2, -0.15) is 18.3 Å². The first-order chi connectivity index (χ1) is 15.3. The highest BCUT2D eigenvalue weighted by molar-refractivity contribution is 5.95. The van der Waals surface area contributed by atoms with E-state index in [2.05, 4.69) is 15.4 Å². The number of halogens is 4. The maximum atomic E-state index is 14.1. The SMILES string of the molecule is O=C(NCc1ccnc(OC2CCCC2)c1)c1cnn(-c2ccccc2F)c1C(F)(F)F. The molecule has 0 radical (unpaired) electrons. The molecule has 1 amide bonds. The van der Waals surface area contributed by atoms with Crippen LogP contribution in [0.15, 0.2) is 48.8 Å². The number of ether oxygens (including phenoxy) is 1. The molecule has 1 aliphatic rings. The van der Waals surface area contributed by atoms with Gasteiger partial charge in [-0.25, -0.2) is 14.1 Å². The second-order valence-electron chi connectivity index (χ2n) is 7.48. The van der Waals surface area contributed by atoms with Gasteiger partial charge in [-0.3, -0.25) is 4.79 Å². The van der Waals surface area contributed by atoms with E-state index in [4.69, 9.17) is 4.74 Å². The molecule has 0 aliphatic heterocycles. The number of aromatic nitrogens is 3. The van der Waals surface area contributed by atoms with E-state index < -0.39 is 34.8 Å². The Morgan fingerprint density at radius 3 is 2.66 bits per heavy atom. The third kappa shape index (κ3) is 4.74. The Morgan fingerprint density at radius 2 is 1.94 bits per heavy atom. The molecule has 1 saturated carbocycles. The number of benzene rings is 1. The van der Waals surface area contributed by atoms with Crippen molar-refractivity contribution in [2.45, 2.75) is 44.5 Å². The Morgan fingerprint density at radius 1 is 1.19 bits per heavy atom. The quantitative estimate of drug-likeness (QED) is 0.556. The zero-order valence-corrected chi connectivity index (χ0v) is 16.9. The van der Waals surface area contributed by atoms with Crippen molar-refractivity contribution in [3.05, 3.63) is 71.4 Å². The summed E-state index contributed by atoms with van der Waals surface area (Å²) in [5.74, 6) is -1.46. The van der Waals surface area contributed by atoms with E-state index in [1.807, 2.05) is 0 Å². The van der Waals surface area contributed by atoms with Crippen LogP contribution in [0.4, 0.5) is 17.6 Å². The zero-order valence-electron chi connectivity index (χ0n) is 16.9. The van der Waals surface area contributed by atoms with Crippen LogP contribution in [0.2, 0.25) is 0 Å². The summed E-state index contributed by atoms with van der Waals surface area (Å²) in [7, 11) is 0. The van der Waals surface area contributed by atoms with Gasteiger partial charge in [0.05, 0.1) is 11.8 Å². The van der Waals surface area contributed by atoms with Gasteiger partial charge in [-0.05, 0) is 49.4 Å². The number of para-hydroxylation sites is 1. The summed E-state index contributed by atoms with van der Waals surface area (Å²) in [5.41, 5.74) is -1.82. The van der Waals surface area contributed by atoms with E-state index in [0.717, 1.165) is 44.0 Å². The summed E-state index contributed by atoms with van der Waals surface area (Å²) < 4.78 is 61.5. The molecule has 0 atom stereocenters. The molecule has 0 unspecified atom stereocenters. The fraction of sp³-hybridized carbons (Fsp3) is 0.318. The maximum absolute atomic E-state index is 14.1. The van der Waals surface area contributed by atoms with E-state index in [1.54, 1.807) is 12.1 Å². The predicted molar refractivity (Wildman–Crippen MR) is 107 cm³/mol. The van der Waals surface area contributed by atoms with Crippen LogP contribution < -0.4 is 10.1 Å². The number of nitrogens with zero attached hydrogens (tertiary/aromatic N) is 3. The molecule has 168 valence electrons. The van der Waals surface area contributed by atoms with Crippen molar-refractivity contribution in [2.75, 3.05) is 0 Å². The molecule has 3 aromatic rings. The minimum Gasteiger partial charge on any atom is -0.474 e. The van der Waals surface area contributed by atoms with Gasteiger partial charge in [0.15, 0.2) is 5.69 Å². The Kier molecular flexibility index (Phi) is 6.11. The minimum atomic E-state index is -4.93. The molecule has 1 aliphatic carbocycles. The third-order valence-corrected chi connectivity index (χ3v) is 5.20. The van der Waals surface area contributed by atoms with Crippen molar-refractivity contribution < 1.29 is 27.1 Å². The van der Waals surface area contributed by atoms with Crippen LogP contribution in [0.1, 0.15) is 47.3 Å². The van der Waals surface area contributed by atoms with Gasteiger partial charge < -0.3 is 10.1 Å². The summed E-state index contributed by atoms with van der Waals surface area (Å²) in [4.78, 5) is 16.7. The molecule has 6 nitrogen and oxygen atoms in total. The minimum absolute atomic E-state index is 0.0371. The van der Waals surface area contributed by atoms with E-state index in [0.29, 0.717) is 16.1 Å². The monoisotopic (exact) mass is 448 g/mol. The fourth-order valence-electron chi connectivity index (χ4n) is 3.67. The molecule has 2 heterocycles. The molecule has 0 bridgehead atoms. The standard InChI is InChI=1S/C22H20F4N4O2/c23-17-7-3-4-8-18(17)30-20(22(24,25)26)16(13-29-30)21(31)28-12-14-9-10-27-19(11-14)32-15-5-1-2-6-15/h3-4,7-11,13,15H,1-2,5-6,12H2,(H,28,31). The Balaban J connectivity index is 1.52. The molecule has 4 rings (SSSR count). The highest BCUT2D eigenvalue weighted by atomic mass is 19.4. The van der Waals surface area contributed by atoms with Crippen molar-refractivity contribution in [3.63, 3.8) is 0 Å². The number of carbonyl (C=O) groups is 1. The number of alkyl halides is 3. The number of nitrogens with one attached hydrogen (secondary N) is 1. The lowest BCUT2D eigenvalue weighted by atomic mass is 10.2. The molecule has 1 fully saturated rings. The van der Waals surface area contributed by atoms with E-state index in [9.17, 15) is 22.4 Å². The van der Waals surface area contributed by atoms with E-state index in [1.165, 1.54) is 18.3 Å². The zero-order chi connectivity index (χ0) is 22.7. The van der Waals surface area contributed by atoms with Gasteiger partial charge in [0, 0.05) is 18.8 Å². The first-order valence-corrected chi connectivity index (χ1v) is 10.1. The lowest BCUT2D eigenvalue weighted by Gasteiger charge is -2.14. The van der Waals surface area contributed by atoms with Gasteiger partial charge in [0.2, 0.25) is 5.88 Å². The van der Waals surface area contributed by atoms with E-state index >= 15 is 0 Å². The number of hydrogen-bond donors (Lipinski definition) is 1. The summed E-state index contributed by atoms with van der Waals surface area (Å²) >= 11 is 0. The summed E-state index contributed by atoms with van der Waals surface area (Å²) in [6.07, 6.45) is 1.58. The average Bonchev–Trinajstić information content (AvgIpc) is 3.42. The van der Waals surface area contributed by atoms with Gasteiger partial charge in [0.25, 0.3) is 5.91 Å². The molecule has 1 N–H and O–H groups in total. The Hall–Kier alpha value is -3.43. The van der Waals surface area contributed by atoms with Crippen molar-refractivity contribution in [3.8, 4) is 11.6 Å². The third-order valence-electron chi connectivity index (χ3n) is 5.20. The van der Waals surface area contributed by atoms with Gasteiger partial charge >= 0.3 is 6.18 Å². The second kappa shape index (κ2) is 8.97. The van der Waals surface area contributed by atoms with Crippen LogP contribution in [0.25, 0.3) is 5.69 Å². The van der Waals surface area contributed by atoms with Crippen molar-refractivity contribution in [2.24, 2.45) is 0 Å². The van der Waals surface area contributed by atoms with Gasteiger partial charge in [0.1, 0.15) is 17.6 Å². The van der Waals surface area contributed by atoms with Crippen LogP contribution in [0.3, 0.4) is 0 Å². The normalized spacial score (nSPS) is 14.5. The van der Waals surface area contributed by atoms with Crippen LogP contribution >= 0.6 is 0 Å². The fourth-order valence-corrected chi connectivity index (χ4v) is 3.67. The molecule has 32 heavy (non-hydrogen) atoms. The van der Waals surface area contributed by atoms with Crippen molar-refractivity contribution in [1.82, 2.24) is 20.1 Å². The van der Waals surface area contributed by atoms with Crippen LogP contribution in [0, 0.1) is 5.82 Å². The molecular formula is C22H20F4N4O2. The largest absolute Gasteiger partial charge is 0.474 e. The Labute approximate surface area is 181 Å². The lowest BCUT2D eigenvalue weighted by molar-refractivity contribution is -0.143. The van der Waals surface area contributed by atoms with Crippen LogP contribution in [-0.2, 0) is 12.7 Å². The second-order valence-corrected chi connectivity index (χ2v) is 7.48. The molecule has 0 saturated heterocycles. The molecule has 1 aromatic carbocycles. The maximum Gasteiger partial charge on any atom is 0.434 e. The number of rotatable bonds is 6. The molecular weight excluding hydrogens is 428 g/mol. The van der Waals surface area contributed by atoms with E-state index in [-0.39, 0.29) is 12.6 Å². The molecule has 2 aromatic heterocycles. The van der Waals surface area contributed by atoms with Crippen LogP contribution in [0.5, 0.6) is 5.88 Å². The van der Waals surface area contributed by atoms with Crippen molar-refractivity contribution in [1.29, 1.82) is 0 Å². The summed E-state index contributed by atoms with van der Waals surface area (Å²) in [6.45, 7) is -0.0371. The first-order valence-electron chi connectivity index (χ1n) is 10.1. The Bertz CT molecular complexity index is 1110. The predicted octanol–water partition coefficient (Wildman–Crippen LogP) is 4.68. The smallest absolute Gasteiger partial charge is 0.434 e. The number of amides is 1. The van der Waals surface area contributed by atoms with Crippen molar-refractivity contribution >= 4 is 5.91 Å². The number of carbonyl (C=O) groups excluding carboxylic acids is 1. The first kappa shape index (κ1) is 21.8. The number of hydrogen-bond acceptors (Lipinski definition) is 4. The average molecular weight is 448 g/mol. The summed E-state index contributed by atoms with van der Waals surface area (Å²) in [6, 6.07) is 8.19.